The van der Waals surface area contributed by atoms with Gasteiger partial charge in [-0.1, -0.05) is 45.1 Å². The number of carbonyl (C=O) groups excluding carboxylic acids is 1. The fourth-order valence-electron chi connectivity index (χ4n) is 1.62. The molecule has 0 bridgehead atoms. The summed E-state index contributed by atoms with van der Waals surface area (Å²) < 4.78 is 0. The Labute approximate surface area is 103 Å². The van der Waals surface area contributed by atoms with E-state index in [1.54, 1.807) is 6.92 Å². The summed E-state index contributed by atoms with van der Waals surface area (Å²) in [7, 11) is 0. The monoisotopic (exact) mass is 241 g/mol. The van der Waals surface area contributed by atoms with Crippen molar-refractivity contribution in [1.82, 2.24) is 5.32 Å². The first-order valence-electron chi connectivity index (χ1n) is 6.31. The van der Waals surface area contributed by atoms with Gasteiger partial charge in [-0.3, -0.25) is 10.1 Å². The molecule has 4 heteroatoms. The molecule has 0 spiro atoms. The number of rotatable bonds is 9. The molecule has 2 N–H and O–H groups in total. The van der Waals surface area contributed by atoms with E-state index in [9.17, 15) is 9.59 Å². The van der Waals surface area contributed by atoms with E-state index in [2.05, 4.69) is 12.2 Å². The lowest BCUT2D eigenvalue weighted by molar-refractivity contribution is -0.116. The van der Waals surface area contributed by atoms with Crippen molar-refractivity contribution >= 4 is 11.9 Å². The number of hydrogen-bond acceptors (Lipinski definition) is 2. The first-order chi connectivity index (χ1) is 8.11. The van der Waals surface area contributed by atoms with E-state index in [0.717, 1.165) is 19.3 Å². The summed E-state index contributed by atoms with van der Waals surface area (Å²) in [5.41, 5.74) is 0.186. The Morgan fingerprint density at radius 3 is 2.24 bits per heavy atom. The van der Waals surface area contributed by atoms with Crippen molar-refractivity contribution in [3.05, 3.63) is 11.8 Å². The maximum absolute atomic E-state index is 11.6. The lowest BCUT2D eigenvalue weighted by atomic mass is 10.1. The molecule has 98 valence electrons. The summed E-state index contributed by atoms with van der Waals surface area (Å²) in [4.78, 5) is 22.0. The smallest absolute Gasteiger partial charge is 0.409 e. The van der Waals surface area contributed by atoms with Crippen LogP contribution >= 0.6 is 0 Å². The van der Waals surface area contributed by atoms with Gasteiger partial charge < -0.3 is 5.11 Å². The van der Waals surface area contributed by atoms with E-state index < -0.39 is 6.09 Å². The van der Waals surface area contributed by atoms with Crippen molar-refractivity contribution in [1.29, 1.82) is 0 Å². The molecule has 0 aromatic carbocycles. The number of hydrogen-bond donors (Lipinski definition) is 2. The number of ketones is 1. The highest BCUT2D eigenvalue weighted by atomic mass is 16.4. The molecule has 0 aromatic heterocycles. The maximum Gasteiger partial charge on any atom is 0.409 e. The molecule has 17 heavy (non-hydrogen) atoms. The van der Waals surface area contributed by atoms with Gasteiger partial charge in [-0.15, -0.1) is 0 Å². The molecule has 1 amide bonds. The van der Waals surface area contributed by atoms with Crippen molar-refractivity contribution in [2.75, 3.05) is 0 Å². The molecule has 0 aromatic rings. The predicted molar refractivity (Wildman–Crippen MR) is 67.9 cm³/mol. The normalized spacial score (nSPS) is 11.3. The van der Waals surface area contributed by atoms with Gasteiger partial charge in [-0.25, -0.2) is 4.79 Å². The van der Waals surface area contributed by atoms with Crippen LogP contribution in [0, 0.1) is 0 Å². The first kappa shape index (κ1) is 15.7. The molecule has 0 heterocycles. The highest BCUT2D eigenvalue weighted by molar-refractivity contribution is 5.97. The number of carboxylic acid groups (broad SMARTS) is 1. The zero-order valence-electron chi connectivity index (χ0n) is 10.8. The van der Waals surface area contributed by atoms with Gasteiger partial charge in [0.25, 0.3) is 0 Å². The van der Waals surface area contributed by atoms with Gasteiger partial charge in [0, 0.05) is 6.42 Å². The van der Waals surface area contributed by atoms with Crippen molar-refractivity contribution in [3.63, 3.8) is 0 Å². The van der Waals surface area contributed by atoms with E-state index in [1.165, 1.54) is 25.3 Å². The molecule has 0 aliphatic carbocycles. The second kappa shape index (κ2) is 9.87. The number of Topliss-reactive ketones (excluding diaryl/α,β-unsaturated/α-hetero) is 1. The molecule has 0 radical (unpaired) electrons. The quantitative estimate of drug-likeness (QED) is 0.479. The fourth-order valence-corrected chi connectivity index (χ4v) is 1.62. The van der Waals surface area contributed by atoms with Gasteiger partial charge in [0.2, 0.25) is 0 Å². The van der Waals surface area contributed by atoms with Crippen LogP contribution in [0.25, 0.3) is 0 Å². The van der Waals surface area contributed by atoms with Crippen LogP contribution in [0.2, 0.25) is 0 Å². The minimum atomic E-state index is -1.19. The van der Waals surface area contributed by atoms with Crippen LogP contribution in [0.1, 0.15) is 58.8 Å². The third-order valence-electron chi connectivity index (χ3n) is 2.59. The number of amides is 1. The molecule has 0 atom stereocenters. The zero-order valence-corrected chi connectivity index (χ0v) is 10.8. The molecular weight excluding hydrogens is 218 g/mol. The van der Waals surface area contributed by atoms with Crippen molar-refractivity contribution in [2.45, 2.75) is 58.8 Å². The van der Waals surface area contributed by atoms with Gasteiger partial charge in [-0.2, -0.15) is 0 Å². The lowest BCUT2D eigenvalue weighted by Crippen LogP contribution is -2.25. The number of carbonyl (C=O) groups is 2. The molecule has 0 saturated carbocycles. The molecule has 0 fully saturated rings. The summed E-state index contributed by atoms with van der Waals surface area (Å²) in [6.45, 7) is 3.82. The largest absolute Gasteiger partial charge is 0.465 e. The Morgan fingerprint density at radius 2 is 1.71 bits per heavy atom. The summed E-state index contributed by atoms with van der Waals surface area (Å²) in [5, 5.41) is 10.6. The summed E-state index contributed by atoms with van der Waals surface area (Å²) in [5.74, 6) is -0.120. The Balaban J connectivity index is 3.73. The minimum absolute atomic E-state index is 0.120. The molecule has 0 aliphatic heterocycles. The molecule has 0 rings (SSSR count). The van der Waals surface area contributed by atoms with E-state index in [-0.39, 0.29) is 11.5 Å². The standard InChI is InChI=1S/C13H23NO3/c1-3-5-6-7-8-9-10-12(15)11(4-2)14-13(16)17/h4,14H,3,5-10H2,1-2H3,(H,16,17)/b11-4-. The average Bonchev–Trinajstić information content (AvgIpc) is 2.30. The highest BCUT2D eigenvalue weighted by Crippen LogP contribution is 2.09. The summed E-state index contributed by atoms with van der Waals surface area (Å²) >= 11 is 0. The van der Waals surface area contributed by atoms with E-state index in [4.69, 9.17) is 5.11 Å². The van der Waals surface area contributed by atoms with Crippen LogP contribution < -0.4 is 5.32 Å². The fraction of sp³-hybridized carbons (Fsp3) is 0.692. The molecule has 0 saturated heterocycles. The second-order valence-corrected chi connectivity index (χ2v) is 4.07. The van der Waals surface area contributed by atoms with Crippen molar-refractivity contribution in [3.8, 4) is 0 Å². The van der Waals surface area contributed by atoms with Gasteiger partial charge in [-0.05, 0) is 13.3 Å². The van der Waals surface area contributed by atoms with Gasteiger partial charge in [0.1, 0.15) is 0 Å². The number of unbranched alkanes of at least 4 members (excludes halogenated alkanes) is 5. The Kier molecular flexibility index (Phi) is 9.11. The summed E-state index contributed by atoms with van der Waals surface area (Å²) in [6.07, 6.45) is 7.44. The number of nitrogens with one attached hydrogen (secondary N) is 1. The Hall–Kier alpha value is -1.32. The van der Waals surface area contributed by atoms with E-state index in [0.29, 0.717) is 6.42 Å². The van der Waals surface area contributed by atoms with Gasteiger partial charge in [0.15, 0.2) is 5.78 Å². The third-order valence-corrected chi connectivity index (χ3v) is 2.59. The minimum Gasteiger partial charge on any atom is -0.465 e. The molecule has 0 aliphatic rings. The Bertz CT molecular complexity index is 272. The topological polar surface area (TPSA) is 66.4 Å². The van der Waals surface area contributed by atoms with Crippen molar-refractivity contribution < 1.29 is 14.7 Å². The average molecular weight is 241 g/mol. The maximum atomic E-state index is 11.6. The molecular formula is C13H23NO3. The zero-order chi connectivity index (χ0) is 13.1. The van der Waals surface area contributed by atoms with E-state index in [1.807, 2.05) is 0 Å². The first-order valence-corrected chi connectivity index (χ1v) is 6.31. The third kappa shape index (κ3) is 8.48. The van der Waals surface area contributed by atoms with E-state index >= 15 is 0 Å². The van der Waals surface area contributed by atoms with Crippen LogP contribution in [0.4, 0.5) is 4.79 Å². The van der Waals surface area contributed by atoms with Crippen LogP contribution in [0.5, 0.6) is 0 Å². The van der Waals surface area contributed by atoms with Crippen LogP contribution in [-0.4, -0.2) is 17.0 Å². The molecule has 4 nitrogen and oxygen atoms in total. The highest BCUT2D eigenvalue weighted by Gasteiger charge is 2.10. The van der Waals surface area contributed by atoms with Crippen molar-refractivity contribution in [2.24, 2.45) is 0 Å². The van der Waals surface area contributed by atoms with Crippen LogP contribution in [-0.2, 0) is 4.79 Å². The van der Waals surface area contributed by atoms with Gasteiger partial charge in [0.05, 0.1) is 5.70 Å². The summed E-state index contributed by atoms with van der Waals surface area (Å²) in [6, 6.07) is 0. The van der Waals surface area contributed by atoms with Gasteiger partial charge >= 0.3 is 6.09 Å². The Morgan fingerprint density at radius 1 is 1.12 bits per heavy atom. The number of allylic oxidation sites excluding steroid dienone is 2. The molecule has 0 unspecified atom stereocenters. The lowest BCUT2D eigenvalue weighted by Gasteiger charge is -2.05. The predicted octanol–water partition coefficient (Wildman–Crippen LogP) is 3.48. The second-order valence-electron chi connectivity index (χ2n) is 4.07. The van der Waals surface area contributed by atoms with Crippen LogP contribution in [0.15, 0.2) is 11.8 Å². The SMILES string of the molecule is C/C=C(\NC(=O)O)C(=O)CCCCCCCC. The van der Waals surface area contributed by atoms with Crippen LogP contribution in [0.3, 0.4) is 0 Å².